The molecule has 0 aliphatic heterocycles. The summed E-state index contributed by atoms with van der Waals surface area (Å²) in [5.41, 5.74) is 2.52. The molecule has 0 amide bonds. The lowest BCUT2D eigenvalue weighted by Gasteiger charge is -2.12. The quantitative estimate of drug-likeness (QED) is 0.522. The van der Waals surface area contributed by atoms with Gasteiger partial charge in [0.2, 0.25) is 0 Å². The van der Waals surface area contributed by atoms with Gasteiger partial charge in [-0.3, -0.25) is 4.99 Å². The van der Waals surface area contributed by atoms with Crippen LogP contribution in [0, 0.1) is 17.8 Å². The second-order valence-corrected chi connectivity index (χ2v) is 6.12. The molecule has 19 heavy (non-hydrogen) atoms. The number of aliphatic imine (C=N–C) groups is 1. The number of hydrogen-bond acceptors (Lipinski definition) is 1. The molecule has 2 aliphatic rings. The predicted molar refractivity (Wildman–Crippen MR) is 82.1 cm³/mol. The first-order valence-electron chi connectivity index (χ1n) is 7.58. The highest BCUT2D eigenvalue weighted by Gasteiger charge is 2.34. The molecule has 4 atom stereocenters. The average molecular weight is 253 g/mol. The van der Waals surface area contributed by atoms with Crippen molar-refractivity contribution >= 4 is 11.9 Å². The molecule has 0 radical (unpaired) electrons. The molecule has 1 nitrogen and oxygen atoms in total. The van der Waals surface area contributed by atoms with E-state index >= 15 is 0 Å². The normalized spacial score (nSPS) is 30.3. The van der Waals surface area contributed by atoms with E-state index < -0.39 is 0 Å². The third kappa shape index (κ3) is 2.65. The summed E-state index contributed by atoms with van der Waals surface area (Å²) in [7, 11) is 0. The lowest BCUT2D eigenvalue weighted by Crippen LogP contribution is -2.07. The maximum atomic E-state index is 4.67. The van der Waals surface area contributed by atoms with E-state index in [2.05, 4.69) is 61.5 Å². The van der Waals surface area contributed by atoms with E-state index in [9.17, 15) is 0 Å². The van der Waals surface area contributed by atoms with E-state index in [1.807, 2.05) is 0 Å². The second kappa shape index (κ2) is 5.32. The van der Waals surface area contributed by atoms with Gasteiger partial charge in [-0.2, -0.15) is 0 Å². The Kier molecular flexibility index (Phi) is 3.54. The molecule has 0 heterocycles. The Morgan fingerprint density at radius 1 is 1.21 bits per heavy atom. The summed E-state index contributed by atoms with van der Waals surface area (Å²) in [6, 6.07) is 8.76. The summed E-state index contributed by atoms with van der Waals surface area (Å²) in [6.07, 6.45) is 10.8. The highest BCUT2D eigenvalue weighted by molar-refractivity contribution is 5.67. The standard InChI is InChI=1S/C18H23N/c1-3-13(2)15-6-8-18(9-7-15)19-12-17-11-14-4-5-16(17)10-14/h4-9,12-14,16-17H,3,10-11H2,1-2H3. The first-order chi connectivity index (χ1) is 9.26. The fraction of sp³-hybridized carbons (Fsp3) is 0.500. The predicted octanol–water partition coefficient (Wildman–Crippen LogP) is 5.11. The Labute approximate surface area is 116 Å². The van der Waals surface area contributed by atoms with E-state index in [1.165, 1.54) is 24.8 Å². The van der Waals surface area contributed by atoms with Gasteiger partial charge in [-0.05, 0) is 54.7 Å². The van der Waals surface area contributed by atoms with Gasteiger partial charge < -0.3 is 0 Å². The molecule has 0 saturated heterocycles. The molecule has 1 fully saturated rings. The Morgan fingerprint density at radius 3 is 2.58 bits per heavy atom. The summed E-state index contributed by atoms with van der Waals surface area (Å²) in [4.78, 5) is 4.67. The first-order valence-corrected chi connectivity index (χ1v) is 7.58. The zero-order chi connectivity index (χ0) is 13.2. The van der Waals surface area contributed by atoms with Crippen molar-refractivity contribution in [2.45, 2.75) is 39.0 Å². The van der Waals surface area contributed by atoms with E-state index in [0.29, 0.717) is 11.8 Å². The molecule has 2 bridgehead atoms. The average Bonchev–Trinajstić information content (AvgIpc) is 3.07. The minimum Gasteiger partial charge on any atom is -0.261 e. The Balaban J connectivity index is 1.65. The SMILES string of the molecule is CCC(C)c1ccc(N=CC2CC3C=CC2C3)cc1. The molecule has 0 N–H and O–H groups in total. The number of benzene rings is 1. The summed E-state index contributed by atoms with van der Waals surface area (Å²) < 4.78 is 0. The Morgan fingerprint density at radius 2 is 2.00 bits per heavy atom. The van der Waals surface area contributed by atoms with Gasteiger partial charge in [-0.15, -0.1) is 0 Å². The van der Waals surface area contributed by atoms with Crippen molar-refractivity contribution in [1.29, 1.82) is 0 Å². The molecular weight excluding hydrogens is 230 g/mol. The number of hydrogen-bond donors (Lipinski definition) is 0. The number of rotatable bonds is 4. The summed E-state index contributed by atoms with van der Waals surface area (Å²) in [6.45, 7) is 4.51. The van der Waals surface area contributed by atoms with Crippen LogP contribution in [-0.2, 0) is 0 Å². The second-order valence-electron chi connectivity index (χ2n) is 6.12. The molecule has 2 aliphatic carbocycles. The molecule has 0 aromatic heterocycles. The van der Waals surface area contributed by atoms with Crippen LogP contribution < -0.4 is 0 Å². The number of allylic oxidation sites excluding steroid dienone is 2. The summed E-state index contributed by atoms with van der Waals surface area (Å²) in [5, 5.41) is 0. The van der Waals surface area contributed by atoms with Crippen LogP contribution in [0.1, 0.15) is 44.6 Å². The van der Waals surface area contributed by atoms with Gasteiger partial charge in [-0.1, -0.05) is 38.1 Å². The monoisotopic (exact) mass is 253 g/mol. The zero-order valence-corrected chi connectivity index (χ0v) is 11.9. The molecular formula is C18H23N. The third-order valence-electron chi connectivity index (χ3n) is 4.82. The molecule has 100 valence electrons. The van der Waals surface area contributed by atoms with Crippen LogP contribution in [-0.4, -0.2) is 6.21 Å². The van der Waals surface area contributed by atoms with Crippen molar-refractivity contribution in [3.63, 3.8) is 0 Å². The van der Waals surface area contributed by atoms with Crippen LogP contribution in [0.3, 0.4) is 0 Å². The van der Waals surface area contributed by atoms with E-state index in [-0.39, 0.29) is 0 Å². The van der Waals surface area contributed by atoms with Gasteiger partial charge >= 0.3 is 0 Å². The van der Waals surface area contributed by atoms with Crippen LogP contribution in [0.5, 0.6) is 0 Å². The Hall–Kier alpha value is -1.37. The van der Waals surface area contributed by atoms with Crippen molar-refractivity contribution in [1.82, 2.24) is 0 Å². The Bertz CT molecular complexity index is 483. The van der Waals surface area contributed by atoms with Crippen LogP contribution in [0.25, 0.3) is 0 Å². The van der Waals surface area contributed by atoms with E-state index in [1.54, 1.807) is 0 Å². The van der Waals surface area contributed by atoms with Crippen molar-refractivity contribution in [3.8, 4) is 0 Å². The van der Waals surface area contributed by atoms with Crippen LogP contribution in [0.4, 0.5) is 5.69 Å². The molecule has 1 aromatic rings. The molecule has 4 unspecified atom stereocenters. The minimum absolute atomic E-state index is 0.647. The lowest BCUT2D eigenvalue weighted by molar-refractivity contribution is 0.595. The highest BCUT2D eigenvalue weighted by Crippen LogP contribution is 2.42. The van der Waals surface area contributed by atoms with Crippen LogP contribution >= 0.6 is 0 Å². The smallest absolute Gasteiger partial charge is 0.0626 e. The van der Waals surface area contributed by atoms with Crippen molar-refractivity contribution in [3.05, 3.63) is 42.0 Å². The number of fused-ring (bicyclic) bond motifs is 2. The van der Waals surface area contributed by atoms with Crippen molar-refractivity contribution in [2.24, 2.45) is 22.7 Å². The minimum atomic E-state index is 0.647. The van der Waals surface area contributed by atoms with Crippen molar-refractivity contribution in [2.75, 3.05) is 0 Å². The van der Waals surface area contributed by atoms with Crippen molar-refractivity contribution < 1.29 is 0 Å². The fourth-order valence-electron chi connectivity index (χ4n) is 3.30. The zero-order valence-electron chi connectivity index (χ0n) is 11.9. The van der Waals surface area contributed by atoms with E-state index in [0.717, 1.165) is 17.5 Å². The molecule has 3 rings (SSSR count). The topological polar surface area (TPSA) is 12.4 Å². The van der Waals surface area contributed by atoms with Gasteiger partial charge in [0.1, 0.15) is 0 Å². The van der Waals surface area contributed by atoms with E-state index in [4.69, 9.17) is 0 Å². The molecule has 1 aromatic carbocycles. The summed E-state index contributed by atoms with van der Waals surface area (Å²) in [5.74, 6) is 2.90. The fourth-order valence-corrected chi connectivity index (χ4v) is 3.30. The third-order valence-corrected chi connectivity index (χ3v) is 4.82. The maximum Gasteiger partial charge on any atom is 0.0626 e. The molecule has 1 heteroatoms. The van der Waals surface area contributed by atoms with Gasteiger partial charge in [0, 0.05) is 12.1 Å². The van der Waals surface area contributed by atoms with Gasteiger partial charge in [-0.25, -0.2) is 0 Å². The first kappa shape index (κ1) is 12.7. The summed E-state index contributed by atoms with van der Waals surface area (Å²) >= 11 is 0. The lowest BCUT2D eigenvalue weighted by atomic mass is 9.95. The van der Waals surface area contributed by atoms with Gasteiger partial charge in [0.25, 0.3) is 0 Å². The number of nitrogens with zero attached hydrogens (tertiary/aromatic N) is 1. The highest BCUT2D eigenvalue weighted by atomic mass is 14.7. The van der Waals surface area contributed by atoms with Crippen LogP contribution in [0.2, 0.25) is 0 Å². The maximum absolute atomic E-state index is 4.67. The van der Waals surface area contributed by atoms with Gasteiger partial charge in [0.05, 0.1) is 5.69 Å². The van der Waals surface area contributed by atoms with Gasteiger partial charge in [0.15, 0.2) is 0 Å². The molecule has 1 saturated carbocycles. The largest absolute Gasteiger partial charge is 0.261 e. The van der Waals surface area contributed by atoms with Crippen LogP contribution in [0.15, 0.2) is 41.4 Å². The molecule has 0 spiro atoms.